The van der Waals surface area contributed by atoms with Gasteiger partial charge >= 0.3 is 11.9 Å². The largest absolute Gasteiger partial charge is 0.467 e. The zero-order valence-corrected chi connectivity index (χ0v) is 14.4. The van der Waals surface area contributed by atoms with E-state index in [2.05, 4.69) is 14.8 Å². The smallest absolute Gasteiger partial charge is 0.338 e. The van der Waals surface area contributed by atoms with Gasteiger partial charge in [0.2, 0.25) is 0 Å². The number of ether oxygens (including phenoxy) is 2. The Kier molecular flexibility index (Phi) is 7.04. The van der Waals surface area contributed by atoms with Crippen LogP contribution in [0.15, 0.2) is 18.2 Å². The van der Waals surface area contributed by atoms with Crippen LogP contribution >= 0.6 is 0 Å². The second-order valence-electron chi connectivity index (χ2n) is 5.70. The Morgan fingerprint density at radius 3 is 2.20 bits per heavy atom. The molecule has 1 N–H and O–H groups in total. The maximum Gasteiger partial charge on any atom is 0.338 e. The van der Waals surface area contributed by atoms with Crippen LogP contribution in [0.2, 0.25) is 0 Å². The van der Waals surface area contributed by atoms with Crippen LogP contribution in [0.3, 0.4) is 0 Å². The van der Waals surface area contributed by atoms with E-state index in [1.807, 2.05) is 13.8 Å². The molecule has 1 rings (SSSR count). The zero-order chi connectivity index (χ0) is 19.1. The molecule has 0 aliphatic carbocycles. The van der Waals surface area contributed by atoms with Crippen molar-refractivity contribution in [3.63, 3.8) is 0 Å². The fourth-order valence-corrected chi connectivity index (χ4v) is 2.15. The van der Waals surface area contributed by atoms with Crippen LogP contribution in [0.5, 0.6) is 0 Å². The Labute approximate surface area is 144 Å². The number of carbonyl (C=O) groups excluding carboxylic acids is 3. The Morgan fingerprint density at radius 2 is 1.72 bits per heavy atom. The van der Waals surface area contributed by atoms with Crippen molar-refractivity contribution in [1.82, 2.24) is 5.32 Å². The number of esters is 2. The van der Waals surface area contributed by atoms with Crippen LogP contribution in [0.1, 0.15) is 41.0 Å². The summed E-state index contributed by atoms with van der Waals surface area (Å²) in [6.45, 7) is 3.73. The molecular weight excluding hydrogens is 332 g/mol. The van der Waals surface area contributed by atoms with E-state index < -0.39 is 34.5 Å². The third-order valence-electron chi connectivity index (χ3n) is 3.31. The van der Waals surface area contributed by atoms with Gasteiger partial charge in [0.15, 0.2) is 0 Å². The average molecular weight is 352 g/mol. The molecule has 9 heteroatoms. The number of hydrogen-bond donors (Lipinski definition) is 1. The van der Waals surface area contributed by atoms with Gasteiger partial charge in [-0.2, -0.15) is 0 Å². The van der Waals surface area contributed by atoms with Crippen molar-refractivity contribution < 1.29 is 28.8 Å². The van der Waals surface area contributed by atoms with Gasteiger partial charge in [0.1, 0.15) is 6.04 Å². The van der Waals surface area contributed by atoms with Gasteiger partial charge in [-0.1, -0.05) is 13.8 Å². The quantitative estimate of drug-likeness (QED) is 0.450. The van der Waals surface area contributed by atoms with E-state index in [9.17, 15) is 24.5 Å². The van der Waals surface area contributed by atoms with E-state index in [0.29, 0.717) is 6.42 Å². The van der Waals surface area contributed by atoms with Crippen LogP contribution < -0.4 is 5.32 Å². The number of non-ortho nitro benzene ring substituents is 1. The summed E-state index contributed by atoms with van der Waals surface area (Å²) in [5.74, 6) is -2.07. The van der Waals surface area contributed by atoms with Gasteiger partial charge in [-0.3, -0.25) is 14.9 Å². The molecule has 25 heavy (non-hydrogen) atoms. The van der Waals surface area contributed by atoms with Crippen molar-refractivity contribution in [3.05, 3.63) is 39.4 Å². The van der Waals surface area contributed by atoms with Gasteiger partial charge in [0.25, 0.3) is 11.6 Å². The molecule has 0 spiro atoms. The number of benzene rings is 1. The van der Waals surface area contributed by atoms with Crippen molar-refractivity contribution in [1.29, 1.82) is 0 Å². The number of amides is 1. The van der Waals surface area contributed by atoms with E-state index >= 15 is 0 Å². The number of methoxy groups -OCH3 is 2. The number of nitrogens with one attached hydrogen (secondary N) is 1. The molecule has 136 valence electrons. The van der Waals surface area contributed by atoms with Crippen molar-refractivity contribution in [2.45, 2.75) is 26.3 Å². The fraction of sp³-hybridized carbons (Fsp3) is 0.438. The third kappa shape index (κ3) is 5.55. The van der Waals surface area contributed by atoms with Crippen molar-refractivity contribution in [2.24, 2.45) is 5.92 Å². The van der Waals surface area contributed by atoms with Crippen LogP contribution in [0, 0.1) is 16.0 Å². The zero-order valence-electron chi connectivity index (χ0n) is 14.4. The van der Waals surface area contributed by atoms with E-state index in [4.69, 9.17) is 0 Å². The van der Waals surface area contributed by atoms with Crippen molar-refractivity contribution in [3.8, 4) is 0 Å². The van der Waals surface area contributed by atoms with Gasteiger partial charge in [-0.25, -0.2) is 9.59 Å². The van der Waals surface area contributed by atoms with E-state index in [1.165, 1.54) is 7.11 Å². The third-order valence-corrected chi connectivity index (χ3v) is 3.31. The minimum Gasteiger partial charge on any atom is -0.467 e. The molecule has 1 atom stereocenters. The molecule has 9 nitrogen and oxygen atoms in total. The van der Waals surface area contributed by atoms with Gasteiger partial charge in [0, 0.05) is 17.7 Å². The summed E-state index contributed by atoms with van der Waals surface area (Å²) in [4.78, 5) is 46.1. The summed E-state index contributed by atoms with van der Waals surface area (Å²) in [7, 11) is 2.32. The highest BCUT2D eigenvalue weighted by molar-refractivity contribution is 6.00. The monoisotopic (exact) mass is 352 g/mol. The highest BCUT2D eigenvalue weighted by atomic mass is 16.6. The molecule has 0 heterocycles. The highest BCUT2D eigenvalue weighted by Crippen LogP contribution is 2.19. The molecule has 0 aliphatic heterocycles. The molecule has 1 aromatic carbocycles. The number of nitro benzene ring substituents is 1. The van der Waals surface area contributed by atoms with Gasteiger partial charge in [0.05, 0.1) is 24.7 Å². The van der Waals surface area contributed by atoms with Crippen molar-refractivity contribution in [2.75, 3.05) is 14.2 Å². The average Bonchev–Trinajstić information content (AvgIpc) is 2.58. The summed E-state index contributed by atoms with van der Waals surface area (Å²) in [6.07, 6.45) is 0.331. The number of hydrogen-bond acceptors (Lipinski definition) is 7. The normalized spacial score (nSPS) is 11.6. The molecule has 0 bridgehead atoms. The Hall–Kier alpha value is -2.97. The van der Waals surface area contributed by atoms with Crippen LogP contribution in [0.25, 0.3) is 0 Å². The lowest BCUT2D eigenvalue weighted by Crippen LogP contribution is -2.42. The first kappa shape index (κ1) is 20.1. The molecule has 0 aliphatic rings. The predicted octanol–water partition coefficient (Wildman–Crippen LogP) is 1.70. The first-order valence-electron chi connectivity index (χ1n) is 7.46. The summed E-state index contributed by atoms with van der Waals surface area (Å²) < 4.78 is 9.18. The lowest BCUT2D eigenvalue weighted by Gasteiger charge is -2.18. The predicted molar refractivity (Wildman–Crippen MR) is 87.2 cm³/mol. The molecule has 1 aromatic rings. The number of nitrogens with zero attached hydrogens (tertiary/aromatic N) is 1. The lowest BCUT2D eigenvalue weighted by atomic mass is 10.0. The molecule has 0 saturated heterocycles. The van der Waals surface area contributed by atoms with E-state index in [1.54, 1.807) is 0 Å². The molecule has 0 radical (unpaired) electrons. The van der Waals surface area contributed by atoms with Crippen LogP contribution in [-0.2, 0) is 14.3 Å². The summed E-state index contributed by atoms with van der Waals surface area (Å²) >= 11 is 0. The molecular formula is C16H20N2O7. The highest BCUT2D eigenvalue weighted by Gasteiger charge is 2.25. The van der Waals surface area contributed by atoms with Crippen molar-refractivity contribution >= 4 is 23.5 Å². The lowest BCUT2D eigenvalue weighted by molar-refractivity contribution is -0.384. The minimum absolute atomic E-state index is 0.0974. The molecule has 0 aromatic heterocycles. The Bertz CT molecular complexity index is 685. The Morgan fingerprint density at radius 1 is 1.12 bits per heavy atom. The van der Waals surface area contributed by atoms with E-state index in [0.717, 1.165) is 25.3 Å². The number of carbonyl (C=O) groups is 3. The topological polar surface area (TPSA) is 125 Å². The Balaban J connectivity index is 3.17. The minimum atomic E-state index is -0.904. The molecule has 0 saturated carbocycles. The first-order valence-corrected chi connectivity index (χ1v) is 7.46. The summed E-state index contributed by atoms with van der Waals surface area (Å²) in [6, 6.07) is 2.29. The maximum atomic E-state index is 12.4. The first-order chi connectivity index (χ1) is 11.7. The molecule has 1 amide bonds. The number of nitro groups is 1. The van der Waals surface area contributed by atoms with Gasteiger partial charge in [-0.15, -0.1) is 0 Å². The van der Waals surface area contributed by atoms with E-state index in [-0.39, 0.29) is 17.0 Å². The van der Waals surface area contributed by atoms with Gasteiger partial charge < -0.3 is 14.8 Å². The summed E-state index contributed by atoms with van der Waals surface area (Å²) in [5.41, 5.74) is -0.709. The summed E-state index contributed by atoms with van der Waals surface area (Å²) in [5, 5.41) is 13.5. The fourth-order valence-electron chi connectivity index (χ4n) is 2.15. The van der Waals surface area contributed by atoms with Gasteiger partial charge in [-0.05, 0) is 18.4 Å². The second kappa shape index (κ2) is 8.76. The van der Waals surface area contributed by atoms with Crippen LogP contribution in [0.4, 0.5) is 5.69 Å². The second-order valence-corrected chi connectivity index (χ2v) is 5.70. The molecule has 1 unspecified atom stereocenters. The SMILES string of the molecule is COC(=O)c1cc(C(=O)NC(CC(C)C)C(=O)OC)cc([N+](=O)[O-])c1. The maximum absolute atomic E-state index is 12.4. The number of rotatable bonds is 7. The molecule has 0 fully saturated rings. The van der Waals surface area contributed by atoms with Crippen LogP contribution in [-0.4, -0.2) is 43.0 Å². The standard InChI is InChI=1S/C16H20N2O7/c1-9(2)5-13(16(21)25-4)17-14(19)10-6-11(15(20)24-3)8-12(7-10)18(22)23/h6-9,13H,5H2,1-4H3,(H,17,19).